The van der Waals surface area contributed by atoms with Gasteiger partial charge in [0, 0.05) is 23.8 Å². The molecule has 1 aromatic heterocycles. The van der Waals surface area contributed by atoms with Gasteiger partial charge in [0.05, 0.1) is 32.5 Å². The van der Waals surface area contributed by atoms with E-state index in [4.69, 9.17) is 37.1 Å². The van der Waals surface area contributed by atoms with E-state index in [0.29, 0.717) is 40.9 Å². The largest absolute Gasteiger partial charge is 0.464 e. The van der Waals surface area contributed by atoms with Crippen molar-refractivity contribution in [3.05, 3.63) is 123 Å². The van der Waals surface area contributed by atoms with Crippen LogP contribution in [0.1, 0.15) is 31.8 Å². The Kier molecular flexibility index (Phi) is 8.96. The maximum absolute atomic E-state index is 13.7. The number of sulfone groups is 1. The molecule has 1 aliphatic heterocycles. The number of carbonyl (C=O) groups is 3. The number of esters is 1. The average Bonchev–Trinajstić information content (AvgIpc) is 3.70. The normalized spacial score (nSPS) is 13.2. The Morgan fingerprint density at radius 3 is 2.53 bits per heavy atom. The van der Waals surface area contributed by atoms with Crippen LogP contribution in [-0.2, 0) is 32.4 Å². The monoisotopic (exact) mass is 692 g/mol. The maximum Gasteiger partial charge on any atom is 0.369 e. The molecule has 6 rings (SSSR count). The molecule has 13 heteroatoms. The van der Waals surface area contributed by atoms with Gasteiger partial charge in [-0.25, -0.2) is 13.2 Å². The topological polar surface area (TPSA) is 132 Å². The Bertz CT molecular complexity index is 2130. The first-order valence-electron chi connectivity index (χ1n) is 14.3. The van der Waals surface area contributed by atoms with Crippen LogP contribution in [0.4, 0.5) is 5.69 Å². The minimum absolute atomic E-state index is 0.0112. The molecule has 4 aromatic carbocycles. The standard InChI is InChI=1S/C34H26Cl2N2O8S/c1-47(42,43)24-9-5-8-23(17-24)46-32(34(41)45-19-20-6-3-2-4-7-20)37-31(39)29-26(35)18-27-25(30(29)36)12-14-38(27)33(40)22-11-10-21-13-15-44-28(21)16-22/h2-11,13,15-18,32H,12,14,19H2,1H3,(H,37,39)/t32-/m0/s1. The second-order valence-electron chi connectivity index (χ2n) is 10.7. The van der Waals surface area contributed by atoms with Crippen LogP contribution in [0.3, 0.4) is 0 Å². The molecular formula is C34H26Cl2N2O8S. The summed E-state index contributed by atoms with van der Waals surface area (Å²) in [5.74, 6) is -2.11. The van der Waals surface area contributed by atoms with Crippen LogP contribution in [0.15, 0.2) is 101 Å². The summed E-state index contributed by atoms with van der Waals surface area (Å²) in [7, 11) is -3.60. The third-order valence-electron chi connectivity index (χ3n) is 7.54. The van der Waals surface area contributed by atoms with Gasteiger partial charge in [-0.2, -0.15) is 0 Å². The summed E-state index contributed by atoms with van der Waals surface area (Å²) >= 11 is 13.3. The molecule has 2 heterocycles. The van der Waals surface area contributed by atoms with Crippen molar-refractivity contribution >= 4 is 67.5 Å². The van der Waals surface area contributed by atoms with Crippen molar-refractivity contribution in [2.75, 3.05) is 17.7 Å². The van der Waals surface area contributed by atoms with Crippen molar-refractivity contribution in [1.29, 1.82) is 0 Å². The number of fused-ring (bicyclic) bond motifs is 2. The number of amides is 2. The number of nitrogens with one attached hydrogen (secondary N) is 1. The Labute approximate surface area is 279 Å². The second kappa shape index (κ2) is 13.1. The van der Waals surface area contributed by atoms with Gasteiger partial charge in [-0.3, -0.25) is 9.59 Å². The molecule has 2 amide bonds. The predicted molar refractivity (Wildman–Crippen MR) is 176 cm³/mol. The highest BCUT2D eigenvalue weighted by Gasteiger charge is 2.33. The highest BCUT2D eigenvalue weighted by atomic mass is 35.5. The summed E-state index contributed by atoms with van der Waals surface area (Å²) in [5.41, 5.74) is 2.52. The van der Waals surface area contributed by atoms with E-state index in [0.717, 1.165) is 11.6 Å². The van der Waals surface area contributed by atoms with E-state index in [9.17, 15) is 22.8 Å². The van der Waals surface area contributed by atoms with Gasteiger partial charge in [-0.1, -0.05) is 65.7 Å². The zero-order chi connectivity index (χ0) is 33.3. The van der Waals surface area contributed by atoms with Crippen molar-refractivity contribution in [1.82, 2.24) is 5.32 Å². The molecule has 5 aromatic rings. The van der Waals surface area contributed by atoms with Gasteiger partial charge in [0.15, 0.2) is 9.84 Å². The minimum Gasteiger partial charge on any atom is -0.464 e. The van der Waals surface area contributed by atoms with Gasteiger partial charge in [-0.15, -0.1) is 0 Å². The number of nitrogens with zero attached hydrogens (tertiary/aromatic N) is 1. The van der Waals surface area contributed by atoms with Gasteiger partial charge >= 0.3 is 5.97 Å². The van der Waals surface area contributed by atoms with Crippen LogP contribution in [0.2, 0.25) is 10.0 Å². The fraction of sp³-hybridized carbons (Fsp3) is 0.147. The fourth-order valence-electron chi connectivity index (χ4n) is 5.18. The first kappa shape index (κ1) is 32.1. The molecule has 0 saturated carbocycles. The fourth-order valence-corrected chi connectivity index (χ4v) is 6.55. The predicted octanol–water partition coefficient (Wildman–Crippen LogP) is 6.22. The third kappa shape index (κ3) is 6.83. The number of carbonyl (C=O) groups excluding carboxylic acids is 3. The van der Waals surface area contributed by atoms with Gasteiger partial charge in [-0.05, 0) is 60.0 Å². The zero-order valence-corrected chi connectivity index (χ0v) is 27.1. The first-order valence-corrected chi connectivity index (χ1v) is 16.9. The van der Waals surface area contributed by atoms with E-state index in [2.05, 4.69) is 5.32 Å². The van der Waals surface area contributed by atoms with Crippen LogP contribution < -0.4 is 15.0 Å². The van der Waals surface area contributed by atoms with Crippen molar-refractivity contribution in [2.45, 2.75) is 24.2 Å². The molecule has 47 heavy (non-hydrogen) atoms. The molecule has 1 aliphatic rings. The number of hydrogen-bond acceptors (Lipinski definition) is 8. The van der Waals surface area contributed by atoms with Crippen molar-refractivity contribution in [3.8, 4) is 5.75 Å². The molecule has 0 spiro atoms. The highest BCUT2D eigenvalue weighted by molar-refractivity contribution is 7.90. The lowest BCUT2D eigenvalue weighted by Gasteiger charge is -2.21. The molecule has 0 bridgehead atoms. The number of halogens is 2. The number of anilines is 1. The van der Waals surface area contributed by atoms with Crippen molar-refractivity contribution < 1.29 is 36.7 Å². The molecule has 0 unspecified atom stereocenters. The van der Waals surface area contributed by atoms with E-state index in [-0.39, 0.29) is 38.8 Å². The Balaban J connectivity index is 1.26. The summed E-state index contributed by atoms with van der Waals surface area (Å²) in [4.78, 5) is 41.9. The molecule has 0 radical (unpaired) electrons. The number of benzene rings is 4. The molecular weight excluding hydrogens is 667 g/mol. The lowest BCUT2D eigenvalue weighted by molar-refractivity contribution is -0.154. The van der Waals surface area contributed by atoms with E-state index in [1.807, 2.05) is 6.07 Å². The van der Waals surface area contributed by atoms with Crippen LogP contribution in [-0.4, -0.2) is 45.2 Å². The zero-order valence-electron chi connectivity index (χ0n) is 24.7. The minimum atomic E-state index is -3.60. The molecule has 240 valence electrons. The summed E-state index contributed by atoms with van der Waals surface area (Å²) < 4.78 is 40.8. The smallest absolute Gasteiger partial charge is 0.369 e. The van der Waals surface area contributed by atoms with Crippen molar-refractivity contribution in [2.24, 2.45) is 0 Å². The number of furan rings is 1. The van der Waals surface area contributed by atoms with Gasteiger partial charge in [0.1, 0.15) is 17.9 Å². The summed E-state index contributed by atoms with van der Waals surface area (Å²) in [6.45, 7) is 0.176. The highest BCUT2D eigenvalue weighted by Crippen LogP contribution is 2.40. The Morgan fingerprint density at radius 1 is 0.979 bits per heavy atom. The van der Waals surface area contributed by atoms with Crippen molar-refractivity contribution in [3.63, 3.8) is 0 Å². The quantitative estimate of drug-likeness (QED) is 0.142. The number of rotatable bonds is 9. The average molecular weight is 694 g/mol. The molecule has 1 N–H and O–H groups in total. The lowest BCUT2D eigenvalue weighted by Crippen LogP contribution is -2.46. The van der Waals surface area contributed by atoms with Crippen LogP contribution in [0.5, 0.6) is 5.75 Å². The van der Waals surface area contributed by atoms with E-state index in [1.165, 1.54) is 35.2 Å². The van der Waals surface area contributed by atoms with Gasteiger partial charge in [0.2, 0.25) is 0 Å². The van der Waals surface area contributed by atoms with Gasteiger partial charge in [0.25, 0.3) is 18.0 Å². The second-order valence-corrected chi connectivity index (χ2v) is 13.5. The Hall–Kier alpha value is -4.84. The Morgan fingerprint density at radius 2 is 1.77 bits per heavy atom. The summed E-state index contributed by atoms with van der Waals surface area (Å²) in [5, 5.41) is 3.28. The SMILES string of the molecule is CS(=O)(=O)c1cccc(O[C@H](NC(=O)c2c(Cl)cc3c(c2Cl)CCN3C(=O)c2ccc3ccoc3c2)C(=O)OCc2ccccc2)c1. The van der Waals surface area contributed by atoms with E-state index < -0.39 is 27.9 Å². The molecule has 0 aliphatic carbocycles. The third-order valence-corrected chi connectivity index (χ3v) is 9.36. The van der Waals surface area contributed by atoms with Crippen LogP contribution in [0.25, 0.3) is 11.0 Å². The number of hydrogen-bond donors (Lipinski definition) is 1. The molecule has 10 nitrogen and oxygen atoms in total. The summed E-state index contributed by atoms with van der Waals surface area (Å²) in [6.07, 6.45) is 1.21. The molecule has 0 fully saturated rings. The van der Waals surface area contributed by atoms with Gasteiger partial charge < -0.3 is 24.1 Å². The maximum atomic E-state index is 13.7. The molecule has 1 atom stereocenters. The molecule has 0 saturated heterocycles. The lowest BCUT2D eigenvalue weighted by atomic mass is 10.1. The first-order chi connectivity index (χ1) is 22.5. The van der Waals surface area contributed by atoms with E-state index >= 15 is 0 Å². The van der Waals surface area contributed by atoms with E-state index in [1.54, 1.807) is 54.8 Å². The van der Waals surface area contributed by atoms with Crippen LogP contribution in [0, 0.1) is 0 Å². The van der Waals surface area contributed by atoms with Crippen LogP contribution >= 0.6 is 23.2 Å². The summed E-state index contributed by atoms with van der Waals surface area (Å²) in [6, 6.07) is 22.8. The number of ether oxygens (including phenoxy) is 2.